The molecule has 0 aliphatic heterocycles. The number of nitrogens with one attached hydrogen (secondary N) is 2. The number of rotatable bonds is 13. The van der Waals surface area contributed by atoms with Crippen molar-refractivity contribution >= 4 is 21.9 Å². The SMILES string of the molecule is CCOC(=O)[C@H](Cc1ccccc1)NS(=O)(=O)CCCNC(=O)[C@@H](C)Cc1ccccc1. The maximum atomic E-state index is 12.5. The maximum Gasteiger partial charge on any atom is 0.324 e. The Balaban J connectivity index is 1.82. The normalized spacial score (nSPS) is 13.2. The van der Waals surface area contributed by atoms with Crippen LogP contribution in [0, 0.1) is 5.92 Å². The van der Waals surface area contributed by atoms with Gasteiger partial charge in [-0.05, 0) is 37.3 Å². The van der Waals surface area contributed by atoms with Gasteiger partial charge in [0, 0.05) is 12.5 Å². The van der Waals surface area contributed by atoms with Gasteiger partial charge >= 0.3 is 5.97 Å². The first-order valence-corrected chi connectivity index (χ1v) is 12.5. The zero-order valence-corrected chi connectivity index (χ0v) is 19.4. The van der Waals surface area contributed by atoms with E-state index in [2.05, 4.69) is 10.0 Å². The molecule has 2 aromatic carbocycles. The van der Waals surface area contributed by atoms with Crippen LogP contribution in [0.2, 0.25) is 0 Å². The van der Waals surface area contributed by atoms with Gasteiger partial charge in [-0.3, -0.25) is 9.59 Å². The Morgan fingerprint density at radius 1 is 0.938 bits per heavy atom. The van der Waals surface area contributed by atoms with E-state index < -0.39 is 22.0 Å². The van der Waals surface area contributed by atoms with E-state index in [1.165, 1.54) is 0 Å². The molecule has 0 aliphatic carbocycles. The summed E-state index contributed by atoms with van der Waals surface area (Å²) in [4.78, 5) is 24.5. The molecule has 0 fully saturated rings. The maximum absolute atomic E-state index is 12.5. The van der Waals surface area contributed by atoms with Crippen LogP contribution in [0.15, 0.2) is 60.7 Å². The molecular weight excluding hydrogens is 428 g/mol. The van der Waals surface area contributed by atoms with E-state index in [0.29, 0.717) is 6.42 Å². The molecule has 0 saturated heterocycles. The lowest BCUT2D eigenvalue weighted by Crippen LogP contribution is -2.44. The van der Waals surface area contributed by atoms with Gasteiger partial charge in [0.2, 0.25) is 15.9 Å². The van der Waals surface area contributed by atoms with Crippen molar-refractivity contribution in [3.63, 3.8) is 0 Å². The molecule has 0 aliphatic rings. The number of carbonyl (C=O) groups is 2. The summed E-state index contributed by atoms with van der Waals surface area (Å²) in [6.45, 7) is 3.92. The van der Waals surface area contributed by atoms with Crippen LogP contribution in [0.25, 0.3) is 0 Å². The predicted molar refractivity (Wildman–Crippen MR) is 124 cm³/mol. The van der Waals surface area contributed by atoms with Gasteiger partial charge in [0.15, 0.2) is 0 Å². The van der Waals surface area contributed by atoms with Crippen LogP contribution < -0.4 is 10.0 Å². The van der Waals surface area contributed by atoms with Crippen LogP contribution in [0.1, 0.15) is 31.4 Å². The Labute approximate surface area is 190 Å². The first-order chi connectivity index (χ1) is 15.3. The molecule has 2 N–H and O–H groups in total. The van der Waals surface area contributed by atoms with Crippen LogP contribution in [0.5, 0.6) is 0 Å². The van der Waals surface area contributed by atoms with Gasteiger partial charge in [0.25, 0.3) is 0 Å². The summed E-state index contributed by atoms with van der Waals surface area (Å²) < 4.78 is 32.5. The molecule has 0 aromatic heterocycles. The monoisotopic (exact) mass is 460 g/mol. The van der Waals surface area contributed by atoms with Gasteiger partial charge in [-0.2, -0.15) is 0 Å². The smallest absolute Gasteiger partial charge is 0.324 e. The fourth-order valence-corrected chi connectivity index (χ4v) is 4.51. The highest BCUT2D eigenvalue weighted by molar-refractivity contribution is 7.89. The number of carbonyl (C=O) groups excluding carboxylic acids is 2. The number of amides is 1. The lowest BCUT2D eigenvalue weighted by molar-refractivity contribution is -0.145. The van der Waals surface area contributed by atoms with Crippen LogP contribution in [-0.2, 0) is 37.2 Å². The standard InChI is InChI=1S/C24H32N2O5S/c1-3-31-24(28)22(18-21-13-8-5-9-14-21)26-32(29,30)16-10-15-25-23(27)19(2)17-20-11-6-4-7-12-20/h4-9,11-14,19,22,26H,3,10,15-18H2,1-2H3,(H,25,27)/t19-,22-/m0/s1. The lowest BCUT2D eigenvalue weighted by Gasteiger charge is -2.18. The molecule has 2 aromatic rings. The van der Waals surface area contributed by atoms with E-state index in [9.17, 15) is 18.0 Å². The Morgan fingerprint density at radius 3 is 2.06 bits per heavy atom. The zero-order chi connectivity index (χ0) is 23.4. The minimum atomic E-state index is -3.73. The van der Waals surface area contributed by atoms with E-state index in [0.717, 1.165) is 11.1 Å². The summed E-state index contributed by atoms with van der Waals surface area (Å²) in [5.74, 6) is -1.15. The first kappa shape index (κ1) is 25.5. The third-order valence-corrected chi connectivity index (χ3v) is 6.37. The lowest BCUT2D eigenvalue weighted by atomic mass is 10.0. The fourth-order valence-electron chi connectivity index (χ4n) is 3.25. The van der Waals surface area contributed by atoms with Crippen molar-refractivity contribution in [3.8, 4) is 0 Å². The van der Waals surface area contributed by atoms with Crippen LogP contribution in [0.3, 0.4) is 0 Å². The molecule has 0 heterocycles. The van der Waals surface area contributed by atoms with Crippen molar-refractivity contribution in [2.45, 2.75) is 39.2 Å². The molecule has 2 atom stereocenters. The summed E-state index contributed by atoms with van der Waals surface area (Å²) in [5.41, 5.74) is 1.90. The first-order valence-electron chi connectivity index (χ1n) is 10.8. The van der Waals surface area contributed by atoms with E-state index in [-0.39, 0.29) is 43.6 Å². The van der Waals surface area contributed by atoms with Gasteiger partial charge in [-0.1, -0.05) is 67.6 Å². The number of benzene rings is 2. The molecule has 2 rings (SSSR count). The Morgan fingerprint density at radius 2 is 1.50 bits per heavy atom. The molecule has 32 heavy (non-hydrogen) atoms. The van der Waals surface area contributed by atoms with E-state index >= 15 is 0 Å². The van der Waals surface area contributed by atoms with Gasteiger partial charge in [0.1, 0.15) is 6.04 Å². The van der Waals surface area contributed by atoms with Gasteiger partial charge in [-0.15, -0.1) is 0 Å². The molecule has 7 nitrogen and oxygen atoms in total. The van der Waals surface area contributed by atoms with E-state index in [4.69, 9.17) is 4.74 Å². The second kappa shape index (κ2) is 13.0. The summed E-state index contributed by atoms with van der Waals surface area (Å²) in [6, 6.07) is 17.9. The van der Waals surface area contributed by atoms with Crippen LogP contribution in [-0.4, -0.2) is 45.2 Å². The summed E-state index contributed by atoms with van der Waals surface area (Å²) in [7, 11) is -3.73. The van der Waals surface area contributed by atoms with Crippen LogP contribution in [0.4, 0.5) is 0 Å². The van der Waals surface area contributed by atoms with Crippen molar-refractivity contribution in [2.24, 2.45) is 5.92 Å². The Hall–Kier alpha value is -2.71. The quantitative estimate of drug-likeness (QED) is 0.353. The van der Waals surface area contributed by atoms with Gasteiger partial charge in [-0.25, -0.2) is 13.1 Å². The highest BCUT2D eigenvalue weighted by Gasteiger charge is 2.26. The van der Waals surface area contributed by atoms with Gasteiger partial charge < -0.3 is 10.1 Å². The topological polar surface area (TPSA) is 102 Å². The number of ether oxygens (including phenoxy) is 1. The third kappa shape index (κ3) is 9.20. The van der Waals surface area contributed by atoms with Gasteiger partial charge in [0.05, 0.1) is 12.4 Å². The number of hydrogen-bond acceptors (Lipinski definition) is 5. The zero-order valence-electron chi connectivity index (χ0n) is 18.6. The predicted octanol–water partition coefficient (Wildman–Crippen LogP) is 2.47. The second-order valence-corrected chi connectivity index (χ2v) is 9.54. The molecule has 0 radical (unpaired) electrons. The van der Waals surface area contributed by atoms with Crippen molar-refractivity contribution < 1.29 is 22.7 Å². The molecule has 0 spiro atoms. The molecular formula is C24H32N2O5S. The largest absolute Gasteiger partial charge is 0.465 e. The highest BCUT2D eigenvalue weighted by Crippen LogP contribution is 2.09. The Bertz CT molecular complexity index is 949. The number of esters is 1. The van der Waals surface area contributed by atoms with E-state index in [1.807, 2.05) is 67.6 Å². The molecule has 0 saturated carbocycles. The number of sulfonamides is 1. The summed E-state index contributed by atoms with van der Waals surface area (Å²) >= 11 is 0. The minimum Gasteiger partial charge on any atom is -0.465 e. The third-order valence-electron chi connectivity index (χ3n) is 4.90. The minimum absolute atomic E-state index is 0.118. The average Bonchev–Trinajstić information content (AvgIpc) is 2.77. The summed E-state index contributed by atoms with van der Waals surface area (Å²) in [5, 5.41) is 2.79. The Kier molecular flexibility index (Phi) is 10.4. The number of hydrogen-bond donors (Lipinski definition) is 2. The van der Waals surface area contributed by atoms with Crippen LogP contribution >= 0.6 is 0 Å². The second-order valence-electron chi connectivity index (χ2n) is 7.67. The molecule has 8 heteroatoms. The molecule has 1 amide bonds. The van der Waals surface area contributed by atoms with E-state index in [1.54, 1.807) is 6.92 Å². The highest BCUT2D eigenvalue weighted by atomic mass is 32.2. The van der Waals surface area contributed by atoms with Crippen molar-refractivity contribution in [1.29, 1.82) is 0 Å². The van der Waals surface area contributed by atoms with Crippen molar-refractivity contribution in [1.82, 2.24) is 10.0 Å². The molecule has 0 bridgehead atoms. The average molecular weight is 461 g/mol. The van der Waals surface area contributed by atoms with Crippen molar-refractivity contribution in [2.75, 3.05) is 18.9 Å². The van der Waals surface area contributed by atoms with Crippen molar-refractivity contribution in [3.05, 3.63) is 71.8 Å². The fraction of sp³-hybridized carbons (Fsp3) is 0.417. The summed E-state index contributed by atoms with van der Waals surface area (Å²) in [6.07, 6.45) is 1.06. The molecule has 174 valence electrons. The molecule has 0 unspecified atom stereocenters.